The minimum atomic E-state index is -3.23. The molecule has 0 heterocycles. The number of phenols is 1. The summed E-state index contributed by atoms with van der Waals surface area (Å²) < 4.78 is 23.6. The molecule has 3 nitrogen and oxygen atoms in total. The Labute approximate surface area is 91.8 Å². The number of aromatic hydroxyl groups is 1. The highest BCUT2D eigenvalue weighted by Gasteiger charge is 2.14. The lowest BCUT2D eigenvalue weighted by molar-refractivity contribution is 0.469. The summed E-state index contributed by atoms with van der Waals surface area (Å²) in [5.41, 5.74) is 0. The summed E-state index contributed by atoms with van der Waals surface area (Å²) in [4.78, 5) is 0.167. The van der Waals surface area contributed by atoms with Crippen LogP contribution in [0.2, 0.25) is 0 Å². The van der Waals surface area contributed by atoms with Crippen molar-refractivity contribution in [2.24, 2.45) is 0 Å². The highest BCUT2D eigenvalue weighted by Crippen LogP contribution is 2.26. The molecule has 1 aromatic rings. The molecule has 0 unspecified atom stereocenters. The fourth-order valence-corrected chi connectivity index (χ4v) is 2.66. The Kier molecular flexibility index (Phi) is 3.55. The standard InChI is InChI=1S/C9H11BrO3S/c1-2-5-14(12,13)7-3-4-8(10)9(11)6-7/h3-4,6,11H,2,5H2,1H3. The van der Waals surface area contributed by atoms with Crippen molar-refractivity contribution in [1.29, 1.82) is 0 Å². The van der Waals surface area contributed by atoms with Gasteiger partial charge in [0.1, 0.15) is 5.75 Å². The van der Waals surface area contributed by atoms with E-state index < -0.39 is 9.84 Å². The summed E-state index contributed by atoms with van der Waals surface area (Å²) in [6.45, 7) is 1.80. The largest absolute Gasteiger partial charge is 0.507 e. The SMILES string of the molecule is CCCS(=O)(=O)c1ccc(Br)c(O)c1. The average molecular weight is 279 g/mol. The van der Waals surface area contributed by atoms with Gasteiger partial charge in [-0.05, 0) is 40.5 Å². The maximum atomic E-state index is 11.6. The smallest absolute Gasteiger partial charge is 0.178 e. The maximum absolute atomic E-state index is 11.6. The Morgan fingerprint density at radius 1 is 1.43 bits per heavy atom. The second kappa shape index (κ2) is 4.31. The zero-order chi connectivity index (χ0) is 10.8. The number of hydrogen-bond donors (Lipinski definition) is 1. The normalized spacial score (nSPS) is 11.6. The highest BCUT2D eigenvalue weighted by atomic mass is 79.9. The molecule has 1 aromatic carbocycles. The Morgan fingerprint density at radius 3 is 2.57 bits per heavy atom. The Balaban J connectivity index is 3.15. The van der Waals surface area contributed by atoms with E-state index in [0.29, 0.717) is 10.9 Å². The molecule has 0 atom stereocenters. The zero-order valence-electron chi connectivity index (χ0n) is 7.70. The van der Waals surface area contributed by atoms with Crippen molar-refractivity contribution in [3.63, 3.8) is 0 Å². The lowest BCUT2D eigenvalue weighted by atomic mass is 10.3. The van der Waals surface area contributed by atoms with Crippen molar-refractivity contribution in [2.75, 3.05) is 5.75 Å². The first kappa shape index (κ1) is 11.5. The highest BCUT2D eigenvalue weighted by molar-refractivity contribution is 9.10. The van der Waals surface area contributed by atoms with E-state index in [4.69, 9.17) is 0 Å². The second-order valence-electron chi connectivity index (χ2n) is 2.93. The first-order valence-electron chi connectivity index (χ1n) is 4.18. The van der Waals surface area contributed by atoms with Crippen LogP contribution < -0.4 is 0 Å². The molecule has 1 N–H and O–H groups in total. The van der Waals surface area contributed by atoms with Gasteiger partial charge in [0.2, 0.25) is 0 Å². The van der Waals surface area contributed by atoms with Crippen LogP contribution in [0.1, 0.15) is 13.3 Å². The van der Waals surface area contributed by atoms with Crippen LogP contribution >= 0.6 is 15.9 Å². The molecule has 0 bridgehead atoms. The van der Waals surface area contributed by atoms with Crippen LogP contribution in [-0.4, -0.2) is 19.3 Å². The van der Waals surface area contributed by atoms with E-state index in [2.05, 4.69) is 15.9 Å². The van der Waals surface area contributed by atoms with E-state index in [-0.39, 0.29) is 16.4 Å². The summed E-state index contributed by atoms with van der Waals surface area (Å²) >= 11 is 3.09. The fraction of sp³-hybridized carbons (Fsp3) is 0.333. The molecule has 1 rings (SSSR count). The Bertz CT molecular complexity index is 426. The molecule has 0 aliphatic rings. The average Bonchev–Trinajstić information content (AvgIpc) is 2.09. The van der Waals surface area contributed by atoms with Crippen LogP contribution in [-0.2, 0) is 9.84 Å². The molecule has 0 saturated carbocycles. The second-order valence-corrected chi connectivity index (χ2v) is 5.90. The topological polar surface area (TPSA) is 54.4 Å². The maximum Gasteiger partial charge on any atom is 0.178 e. The third-order valence-corrected chi connectivity index (χ3v) is 4.34. The number of sulfone groups is 1. The molecule has 14 heavy (non-hydrogen) atoms. The van der Waals surface area contributed by atoms with E-state index in [1.165, 1.54) is 18.2 Å². The van der Waals surface area contributed by atoms with Crippen molar-refractivity contribution in [1.82, 2.24) is 0 Å². The number of rotatable bonds is 3. The van der Waals surface area contributed by atoms with Crippen molar-refractivity contribution in [3.05, 3.63) is 22.7 Å². The molecule has 78 valence electrons. The van der Waals surface area contributed by atoms with Crippen LogP contribution in [0.25, 0.3) is 0 Å². The number of halogens is 1. The van der Waals surface area contributed by atoms with E-state index in [0.717, 1.165) is 0 Å². The summed E-state index contributed by atoms with van der Waals surface area (Å²) in [5, 5.41) is 9.32. The van der Waals surface area contributed by atoms with Gasteiger partial charge in [0, 0.05) is 0 Å². The van der Waals surface area contributed by atoms with Gasteiger partial charge in [-0.25, -0.2) is 8.42 Å². The summed E-state index contributed by atoms with van der Waals surface area (Å²) in [5.74, 6) is 0.0517. The van der Waals surface area contributed by atoms with Gasteiger partial charge in [-0.1, -0.05) is 6.92 Å². The third-order valence-electron chi connectivity index (χ3n) is 1.75. The van der Waals surface area contributed by atoms with Crippen LogP contribution in [0, 0.1) is 0 Å². The number of benzene rings is 1. The quantitative estimate of drug-likeness (QED) is 0.924. The van der Waals surface area contributed by atoms with Crippen molar-refractivity contribution in [3.8, 4) is 5.75 Å². The van der Waals surface area contributed by atoms with Crippen LogP contribution in [0.5, 0.6) is 5.75 Å². The van der Waals surface area contributed by atoms with E-state index in [9.17, 15) is 13.5 Å². The predicted octanol–water partition coefficient (Wildman–Crippen LogP) is 2.34. The van der Waals surface area contributed by atoms with Gasteiger partial charge in [-0.2, -0.15) is 0 Å². The Hall–Kier alpha value is -0.550. The molecular formula is C9H11BrO3S. The van der Waals surface area contributed by atoms with E-state index >= 15 is 0 Å². The monoisotopic (exact) mass is 278 g/mol. The van der Waals surface area contributed by atoms with Crippen LogP contribution in [0.3, 0.4) is 0 Å². The zero-order valence-corrected chi connectivity index (χ0v) is 10.1. The molecular weight excluding hydrogens is 268 g/mol. The van der Waals surface area contributed by atoms with Gasteiger partial charge < -0.3 is 5.11 Å². The number of hydrogen-bond acceptors (Lipinski definition) is 3. The summed E-state index contributed by atoms with van der Waals surface area (Å²) in [6, 6.07) is 4.27. The van der Waals surface area contributed by atoms with Gasteiger partial charge in [0.05, 0.1) is 15.1 Å². The molecule has 0 fully saturated rings. The third kappa shape index (κ3) is 2.48. The van der Waals surface area contributed by atoms with Crippen molar-refractivity contribution in [2.45, 2.75) is 18.2 Å². The predicted molar refractivity (Wildman–Crippen MR) is 58.2 cm³/mol. The van der Waals surface area contributed by atoms with E-state index in [1.807, 2.05) is 0 Å². The Morgan fingerprint density at radius 2 is 2.07 bits per heavy atom. The van der Waals surface area contributed by atoms with Crippen molar-refractivity contribution < 1.29 is 13.5 Å². The summed E-state index contributed by atoms with van der Waals surface area (Å²) in [7, 11) is -3.23. The van der Waals surface area contributed by atoms with Gasteiger partial charge in [-0.3, -0.25) is 0 Å². The van der Waals surface area contributed by atoms with Crippen LogP contribution in [0.15, 0.2) is 27.6 Å². The van der Waals surface area contributed by atoms with E-state index in [1.54, 1.807) is 6.92 Å². The van der Waals surface area contributed by atoms with Gasteiger partial charge in [-0.15, -0.1) is 0 Å². The molecule has 0 saturated heterocycles. The number of phenolic OH excluding ortho intramolecular Hbond substituents is 1. The molecule has 0 spiro atoms. The minimum absolute atomic E-state index is 0.0535. The molecule has 0 amide bonds. The summed E-state index contributed by atoms with van der Waals surface area (Å²) in [6.07, 6.45) is 0.569. The fourth-order valence-electron chi connectivity index (χ4n) is 1.07. The lowest BCUT2D eigenvalue weighted by Crippen LogP contribution is -2.05. The van der Waals surface area contributed by atoms with Crippen LogP contribution in [0.4, 0.5) is 0 Å². The van der Waals surface area contributed by atoms with Gasteiger partial charge >= 0.3 is 0 Å². The molecule has 0 aromatic heterocycles. The minimum Gasteiger partial charge on any atom is -0.507 e. The first-order chi connectivity index (χ1) is 6.47. The van der Waals surface area contributed by atoms with Crippen molar-refractivity contribution >= 4 is 25.8 Å². The van der Waals surface area contributed by atoms with Gasteiger partial charge in [0.15, 0.2) is 9.84 Å². The first-order valence-corrected chi connectivity index (χ1v) is 6.63. The lowest BCUT2D eigenvalue weighted by Gasteiger charge is -2.03. The van der Waals surface area contributed by atoms with Gasteiger partial charge in [0.25, 0.3) is 0 Å². The molecule has 0 aliphatic carbocycles. The molecule has 0 radical (unpaired) electrons. The molecule has 5 heteroatoms. The molecule has 0 aliphatic heterocycles.